The van der Waals surface area contributed by atoms with Crippen molar-refractivity contribution in [3.05, 3.63) is 29.8 Å². The first-order valence-electron chi connectivity index (χ1n) is 10.3. The first-order valence-corrected chi connectivity index (χ1v) is 10.3. The zero-order valence-corrected chi connectivity index (χ0v) is 16.6. The van der Waals surface area contributed by atoms with Crippen LogP contribution in [-0.4, -0.2) is 40.8 Å². The molecule has 5 amide bonds. The molecule has 0 aromatic heterocycles. The van der Waals surface area contributed by atoms with E-state index in [1.54, 1.807) is 29.2 Å². The molecule has 1 aromatic carbocycles. The third-order valence-corrected chi connectivity index (χ3v) is 6.27. The van der Waals surface area contributed by atoms with Crippen molar-refractivity contribution >= 4 is 29.4 Å². The Labute approximate surface area is 169 Å². The predicted molar refractivity (Wildman–Crippen MR) is 106 cm³/mol. The van der Waals surface area contributed by atoms with E-state index in [0.29, 0.717) is 37.3 Å². The van der Waals surface area contributed by atoms with E-state index in [1.165, 1.54) is 0 Å². The van der Waals surface area contributed by atoms with Crippen molar-refractivity contribution < 1.29 is 19.2 Å². The summed E-state index contributed by atoms with van der Waals surface area (Å²) in [5.41, 5.74) is 2.61. The first kappa shape index (κ1) is 19.4. The van der Waals surface area contributed by atoms with Crippen molar-refractivity contribution in [3.8, 4) is 0 Å². The molecule has 2 aliphatic heterocycles. The molecule has 0 radical (unpaired) electrons. The molecule has 4 rings (SSSR count). The lowest BCUT2D eigenvalue weighted by Gasteiger charge is -2.33. The van der Waals surface area contributed by atoms with E-state index in [4.69, 9.17) is 0 Å². The molecular formula is C21H26N4O4. The molecule has 3 aliphatic rings. The Bertz CT molecular complexity index is 843. The number of piperidine rings is 1. The van der Waals surface area contributed by atoms with Crippen molar-refractivity contribution in [1.29, 1.82) is 0 Å². The van der Waals surface area contributed by atoms with Gasteiger partial charge in [0.15, 0.2) is 0 Å². The lowest BCUT2D eigenvalue weighted by Crippen LogP contribution is -2.51. The minimum Gasteiger partial charge on any atom is -0.322 e. The van der Waals surface area contributed by atoms with Gasteiger partial charge in [0.05, 0.1) is 0 Å². The second kappa shape index (κ2) is 7.50. The average Bonchev–Trinajstić information content (AvgIpc) is 2.95. The van der Waals surface area contributed by atoms with Crippen molar-refractivity contribution in [2.75, 3.05) is 11.4 Å². The fourth-order valence-corrected chi connectivity index (χ4v) is 4.35. The number of amides is 5. The molecular weight excluding hydrogens is 372 g/mol. The molecule has 0 bridgehead atoms. The maximum absolute atomic E-state index is 12.8. The molecule has 1 aliphatic carbocycles. The number of hydrogen-bond acceptors (Lipinski definition) is 4. The highest BCUT2D eigenvalue weighted by molar-refractivity contribution is 6.09. The number of urea groups is 1. The lowest BCUT2D eigenvalue weighted by molar-refractivity contribution is -0.134. The number of benzene rings is 1. The number of carbonyl (C=O) groups excluding carboxylic acids is 4. The number of imide groups is 1. The normalized spacial score (nSPS) is 27.3. The summed E-state index contributed by atoms with van der Waals surface area (Å²) in [6.07, 6.45) is 5.31. The molecule has 1 spiro atoms. The highest BCUT2D eigenvalue weighted by Crippen LogP contribution is 2.35. The second-order valence-corrected chi connectivity index (χ2v) is 8.33. The van der Waals surface area contributed by atoms with Gasteiger partial charge in [0.25, 0.3) is 11.8 Å². The van der Waals surface area contributed by atoms with E-state index in [9.17, 15) is 19.2 Å². The summed E-state index contributed by atoms with van der Waals surface area (Å²) in [7, 11) is 0. The van der Waals surface area contributed by atoms with Crippen LogP contribution in [0.25, 0.3) is 0 Å². The quantitative estimate of drug-likeness (QED) is 0.764. The zero-order chi connectivity index (χ0) is 20.6. The Morgan fingerprint density at radius 2 is 1.79 bits per heavy atom. The first-order chi connectivity index (χ1) is 13.9. The fraction of sp³-hybridized carbons (Fsp3) is 0.524. The lowest BCUT2D eigenvalue weighted by atomic mass is 9.77. The van der Waals surface area contributed by atoms with Crippen molar-refractivity contribution in [3.63, 3.8) is 0 Å². The number of rotatable bonds is 3. The molecule has 2 heterocycles. The monoisotopic (exact) mass is 398 g/mol. The van der Waals surface area contributed by atoms with Crippen molar-refractivity contribution in [2.24, 2.45) is 5.92 Å². The van der Waals surface area contributed by atoms with Crippen LogP contribution < -0.4 is 15.6 Å². The zero-order valence-electron chi connectivity index (χ0n) is 16.6. The SMILES string of the molecule is CC1CCC2(CC1)NC(=O)N(NC(=O)c1ccc(N3CCCCC3=O)cc1)C2=O. The van der Waals surface area contributed by atoms with Crippen LogP contribution in [0, 0.1) is 5.92 Å². The Kier molecular flexibility index (Phi) is 5.02. The molecule has 2 saturated heterocycles. The van der Waals surface area contributed by atoms with Gasteiger partial charge in [0.2, 0.25) is 5.91 Å². The number of nitrogens with one attached hydrogen (secondary N) is 2. The van der Waals surface area contributed by atoms with Crippen LogP contribution in [0.4, 0.5) is 10.5 Å². The number of hydrazine groups is 1. The minimum absolute atomic E-state index is 0.0832. The summed E-state index contributed by atoms with van der Waals surface area (Å²) < 4.78 is 0. The molecule has 1 aromatic rings. The van der Waals surface area contributed by atoms with Gasteiger partial charge in [-0.25, -0.2) is 4.79 Å². The molecule has 154 valence electrons. The summed E-state index contributed by atoms with van der Waals surface area (Å²) in [5, 5.41) is 3.59. The van der Waals surface area contributed by atoms with Crippen LogP contribution in [0.3, 0.4) is 0 Å². The molecule has 8 heteroatoms. The highest BCUT2D eigenvalue weighted by atomic mass is 16.2. The standard InChI is InChI=1S/C21H26N4O4/c1-14-9-11-21(12-10-14)19(28)25(20(29)22-21)23-18(27)15-5-7-16(8-6-15)24-13-3-2-4-17(24)26/h5-8,14H,2-4,9-13H2,1H3,(H,22,29)(H,23,27). The largest absolute Gasteiger partial charge is 0.344 e. The van der Waals surface area contributed by atoms with E-state index in [1.807, 2.05) is 0 Å². The predicted octanol–water partition coefficient (Wildman–Crippen LogP) is 2.35. The Hall–Kier alpha value is -2.90. The summed E-state index contributed by atoms with van der Waals surface area (Å²) in [5.74, 6) is -0.316. The van der Waals surface area contributed by atoms with E-state index < -0.39 is 23.4 Å². The average molecular weight is 398 g/mol. The van der Waals surface area contributed by atoms with Crippen LogP contribution in [0.5, 0.6) is 0 Å². The van der Waals surface area contributed by atoms with E-state index in [2.05, 4.69) is 17.7 Å². The molecule has 0 unspecified atom stereocenters. The maximum Gasteiger partial charge on any atom is 0.344 e. The van der Waals surface area contributed by atoms with Gasteiger partial charge in [-0.1, -0.05) is 6.92 Å². The third-order valence-electron chi connectivity index (χ3n) is 6.27. The van der Waals surface area contributed by atoms with Gasteiger partial charge in [-0.2, -0.15) is 5.01 Å². The topological polar surface area (TPSA) is 98.8 Å². The Morgan fingerprint density at radius 1 is 1.10 bits per heavy atom. The highest BCUT2D eigenvalue weighted by Gasteiger charge is 2.52. The van der Waals surface area contributed by atoms with E-state index >= 15 is 0 Å². The van der Waals surface area contributed by atoms with Gasteiger partial charge in [0.1, 0.15) is 5.54 Å². The number of hydrogen-bond donors (Lipinski definition) is 2. The molecule has 0 atom stereocenters. The van der Waals surface area contributed by atoms with Gasteiger partial charge in [-0.05, 0) is 68.7 Å². The minimum atomic E-state index is -0.893. The number of carbonyl (C=O) groups is 4. The van der Waals surface area contributed by atoms with Crippen molar-refractivity contribution in [1.82, 2.24) is 15.8 Å². The third kappa shape index (κ3) is 3.59. The summed E-state index contributed by atoms with van der Waals surface area (Å²) in [6, 6.07) is 6.04. The van der Waals surface area contributed by atoms with E-state index in [-0.39, 0.29) is 5.91 Å². The Morgan fingerprint density at radius 3 is 2.45 bits per heavy atom. The van der Waals surface area contributed by atoms with Crippen LogP contribution in [0.2, 0.25) is 0 Å². The van der Waals surface area contributed by atoms with E-state index in [0.717, 1.165) is 36.4 Å². The maximum atomic E-state index is 12.8. The summed E-state index contributed by atoms with van der Waals surface area (Å²) >= 11 is 0. The Balaban J connectivity index is 1.43. The molecule has 1 saturated carbocycles. The summed E-state index contributed by atoms with van der Waals surface area (Å²) in [4.78, 5) is 51.5. The summed E-state index contributed by atoms with van der Waals surface area (Å²) in [6.45, 7) is 2.81. The van der Waals surface area contributed by atoms with Crippen LogP contribution in [0.15, 0.2) is 24.3 Å². The number of nitrogens with zero attached hydrogens (tertiary/aromatic N) is 2. The van der Waals surface area contributed by atoms with Gasteiger partial charge in [-0.15, -0.1) is 0 Å². The van der Waals surface area contributed by atoms with Gasteiger partial charge in [-0.3, -0.25) is 19.8 Å². The van der Waals surface area contributed by atoms with Crippen molar-refractivity contribution in [2.45, 2.75) is 57.4 Å². The molecule has 29 heavy (non-hydrogen) atoms. The number of anilines is 1. The van der Waals surface area contributed by atoms with Gasteiger partial charge >= 0.3 is 6.03 Å². The second-order valence-electron chi connectivity index (χ2n) is 8.33. The van der Waals surface area contributed by atoms with Gasteiger partial charge in [0, 0.05) is 24.2 Å². The smallest absolute Gasteiger partial charge is 0.322 e. The molecule has 8 nitrogen and oxygen atoms in total. The molecule has 3 fully saturated rings. The van der Waals surface area contributed by atoms with Crippen LogP contribution >= 0.6 is 0 Å². The molecule has 2 N–H and O–H groups in total. The van der Waals surface area contributed by atoms with Crippen LogP contribution in [-0.2, 0) is 9.59 Å². The van der Waals surface area contributed by atoms with Crippen LogP contribution in [0.1, 0.15) is 62.2 Å². The fourth-order valence-electron chi connectivity index (χ4n) is 4.35. The van der Waals surface area contributed by atoms with Gasteiger partial charge < -0.3 is 10.2 Å².